The molecular formula is C23H20ClN5O3. The summed E-state index contributed by atoms with van der Waals surface area (Å²) in [6.07, 6.45) is -0.319. The minimum Gasteiger partial charge on any atom is -0.399 e. The molecule has 0 radical (unpaired) electrons. The quantitative estimate of drug-likeness (QED) is 0.258. The minimum atomic E-state index is -0.443. The van der Waals surface area contributed by atoms with Crippen LogP contribution in [-0.2, 0) is 9.59 Å². The molecule has 0 saturated heterocycles. The average molecular weight is 450 g/mol. The van der Waals surface area contributed by atoms with E-state index >= 15 is 0 Å². The van der Waals surface area contributed by atoms with Crippen LogP contribution in [0.25, 0.3) is 0 Å². The van der Waals surface area contributed by atoms with E-state index in [1.807, 2.05) is 0 Å². The number of halogens is 1. The second-order valence-corrected chi connectivity index (χ2v) is 7.23. The Morgan fingerprint density at radius 1 is 0.875 bits per heavy atom. The van der Waals surface area contributed by atoms with Crippen LogP contribution in [0.3, 0.4) is 0 Å². The molecule has 0 fully saturated rings. The number of carbonyl (C=O) groups excluding carboxylic acids is 3. The van der Waals surface area contributed by atoms with Crippen molar-refractivity contribution in [3.8, 4) is 0 Å². The van der Waals surface area contributed by atoms with Crippen molar-refractivity contribution in [2.24, 2.45) is 10.2 Å². The SMILES string of the molecule is Nc1ccc(NC(=O)CC(=O)CN=Nc2cccc(NC(=O)c3ccc(Cl)cc3)c2)cc1. The van der Waals surface area contributed by atoms with Gasteiger partial charge in [-0.05, 0) is 66.7 Å². The molecule has 0 atom stereocenters. The molecule has 0 aliphatic carbocycles. The molecule has 4 N–H and O–H groups in total. The third-order valence-corrected chi connectivity index (χ3v) is 4.45. The van der Waals surface area contributed by atoms with E-state index < -0.39 is 5.91 Å². The van der Waals surface area contributed by atoms with Gasteiger partial charge >= 0.3 is 0 Å². The summed E-state index contributed by atoms with van der Waals surface area (Å²) < 4.78 is 0. The number of hydrogen-bond donors (Lipinski definition) is 3. The number of rotatable bonds is 8. The normalized spacial score (nSPS) is 10.7. The van der Waals surface area contributed by atoms with Gasteiger partial charge in [0.1, 0.15) is 6.54 Å². The molecule has 8 nitrogen and oxygen atoms in total. The molecule has 0 aliphatic heterocycles. The van der Waals surface area contributed by atoms with E-state index in [1.165, 1.54) is 0 Å². The van der Waals surface area contributed by atoms with Crippen molar-refractivity contribution in [1.82, 2.24) is 0 Å². The molecule has 0 aliphatic rings. The van der Waals surface area contributed by atoms with Crippen molar-refractivity contribution in [2.75, 3.05) is 22.9 Å². The summed E-state index contributed by atoms with van der Waals surface area (Å²) in [5.74, 6) is -1.12. The lowest BCUT2D eigenvalue weighted by atomic mass is 10.2. The highest BCUT2D eigenvalue weighted by Crippen LogP contribution is 2.19. The molecule has 2 amide bonds. The lowest BCUT2D eigenvalue weighted by Gasteiger charge is -2.06. The summed E-state index contributed by atoms with van der Waals surface area (Å²) >= 11 is 5.83. The van der Waals surface area contributed by atoms with E-state index in [1.54, 1.807) is 72.8 Å². The Morgan fingerprint density at radius 3 is 2.31 bits per heavy atom. The summed E-state index contributed by atoms with van der Waals surface area (Å²) in [7, 11) is 0. The summed E-state index contributed by atoms with van der Waals surface area (Å²) in [5, 5.41) is 13.8. The first-order valence-corrected chi connectivity index (χ1v) is 9.98. The molecule has 3 aromatic carbocycles. The number of nitrogen functional groups attached to an aromatic ring is 1. The predicted molar refractivity (Wildman–Crippen MR) is 124 cm³/mol. The summed E-state index contributed by atoms with van der Waals surface area (Å²) in [5.41, 5.74) is 8.16. The molecule has 0 unspecified atom stereocenters. The van der Waals surface area contributed by atoms with Crippen LogP contribution in [0.15, 0.2) is 83.0 Å². The lowest BCUT2D eigenvalue weighted by Crippen LogP contribution is -2.17. The smallest absolute Gasteiger partial charge is 0.255 e. The van der Waals surface area contributed by atoms with Crippen LogP contribution < -0.4 is 16.4 Å². The van der Waals surface area contributed by atoms with Gasteiger partial charge in [-0.15, -0.1) is 0 Å². The Hall–Kier alpha value is -4.04. The summed E-state index contributed by atoms with van der Waals surface area (Å²) in [6.45, 7) is -0.240. The number of azo groups is 1. The fourth-order valence-corrected chi connectivity index (χ4v) is 2.78. The number of hydrogen-bond acceptors (Lipinski definition) is 6. The standard InChI is InChI=1S/C23H20ClN5O3/c24-16-6-4-15(5-7-16)23(32)28-19-2-1-3-20(12-19)29-26-14-21(30)13-22(31)27-18-10-8-17(25)9-11-18/h1-12H,13-14,25H2,(H,27,31)(H,28,32). The molecule has 3 rings (SSSR count). The number of nitrogens with one attached hydrogen (secondary N) is 2. The van der Waals surface area contributed by atoms with Crippen LogP contribution in [0.5, 0.6) is 0 Å². The van der Waals surface area contributed by atoms with E-state index in [9.17, 15) is 14.4 Å². The van der Waals surface area contributed by atoms with Crippen molar-refractivity contribution in [2.45, 2.75) is 6.42 Å². The van der Waals surface area contributed by atoms with Gasteiger partial charge in [0.15, 0.2) is 5.78 Å². The van der Waals surface area contributed by atoms with Crippen molar-refractivity contribution < 1.29 is 14.4 Å². The van der Waals surface area contributed by atoms with Gasteiger partial charge in [-0.2, -0.15) is 10.2 Å². The van der Waals surface area contributed by atoms with E-state index in [4.69, 9.17) is 17.3 Å². The third kappa shape index (κ3) is 7.03. The van der Waals surface area contributed by atoms with Crippen molar-refractivity contribution in [1.29, 1.82) is 0 Å². The Morgan fingerprint density at radius 2 is 1.59 bits per heavy atom. The van der Waals surface area contributed by atoms with Gasteiger partial charge in [-0.1, -0.05) is 17.7 Å². The molecule has 0 heterocycles. The number of benzene rings is 3. The van der Waals surface area contributed by atoms with E-state index in [0.29, 0.717) is 33.3 Å². The Balaban J connectivity index is 1.50. The summed E-state index contributed by atoms with van der Waals surface area (Å²) in [6, 6.07) is 19.8. The first-order valence-electron chi connectivity index (χ1n) is 9.60. The molecule has 3 aromatic rings. The molecular weight excluding hydrogens is 430 g/mol. The van der Waals surface area contributed by atoms with Crippen molar-refractivity contribution in [3.63, 3.8) is 0 Å². The van der Waals surface area contributed by atoms with Gasteiger partial charge in [0.25, 0.3) is 5.91 Å². The number of Topliss-reactive ketones (excluding diaryl/α,β-unsaturated/α-hetero) is 1. The summed E-state index contributed by atoms with van der Waals surface area (Å²) in [4.78, 5) is 36.2. The maximum absolute atomic E-state index is 12.3. The lowest BCUT2D eigenvalue weighted by molar-refractivity contribution is -0.124. The van der Waals surface area contributed by atoms with E-state index in [2.05, 4.69) is 20.9 Å². The van der Waals surface area contributed by atoms with Gasteiger partial charge in [0, 0.05) is 27.6 Å². The van der Waals surface area contributed by atoms with Gasteiger partial charge in [0.2, 0.25) is 5.91 Å². The van der Waals surface area contributed by atoms with Gasteiger partial charge < -0.3 is 16.4 Å². The topological polar surface area (TPSA) is 126 Å². The van der Waals surface area contributed by atoms with Crippen LogP contribution in [0.4, 0.5) is 22.7 Å². The van der Waals surface area contributed by atoms with Crippen LogP contribution >= 0.6 is 11.6 Å². The number of ketones is 1. The molecule has 162 valence electrons. The monoisotopic (exact) mass is 449 g/mol. The van der Waals surface area contributed by atoms with E-state index in [-0.39, 0.29) is 24.7 Å². The predicted octanol–water partition coefficient (Wildman–Crippen LogP) is 4.86. The minimum absolute atomic E-state index is 0.240. The number of nitrogens with zero attached hydrogens (tertiary/aromatic N) is 2. The average Bonchev–Trinajstić information content (AvgIpc) is 2.76. The van der Waals surface area contributed by atoms with E-state index in [0.717, 1.165) is 0 Å². The highest BCUT2D eigenvalue weighted by Gasteiger charge is 2.10. The molecule has 9 heteroatoms. The molecule has 0 bridgehead atoms. The van der Waals surface area contributed by atoms with Gasteiger partial charge in [0.05, 0.1) is 12.1 Å². The second kappa shape index (κ2) is 10.8. The molecule has 0 saturated carbocycles. The molecule has 32 heavy (non-hydrogen) atoms. The zero-order valence-corrected chi connectivity index (χ0v) is 17.7. The zero-order chi connectivity index (χ0) is 22.9. The van der Waals surface area contributed by atoms with Crippen molar-refractivity contribution in [3.05, 3.63) is 83.4 Å². The highest BCUT2D eigenvalue weighted by atomic mass is 35.5. The van der Waals surface area contributed by atoms with Gasteiger partial charge in [-0.25, -0.2) is 0 Å². The van der Waals surface area contributed by atoms with Gasteiger partial charge in [-0.3, -0.25) is 14.4 Å². The number of anilines is 3. The number of amides is 2. The second-order valence-electron chi connectivity index (χ2n) is 6.80. The first-order chi connectivity index (χ1) is 15.4. The fraction of sp³-hybridized carbons (Fsp3) is 0.0870. The van der Waals surface area contributed by atoms with Crippen LogP contribution in [-0.4, -0.2) is 24.1 Å². The maximum atomic E-state index is 12.3. The Labute approximate surface area is 189 Å². The largest absolute Gasteiger partial charge is 0.399 e. The molecule has 0 spiro atoms. The van der Waals surface area contributed by atoms with Crippen LogP contribution in [0.2, 0.25) is 5.02 Å². The number of nitrogens with two attached hydrogens (primary N) is 1. The van der Waals surface area contributed by atoms with Crippen molar-refractivity contribution >= 4 is 51.9 Å². The van der Waals surface area contributed by atoms with Crippen LogP contribution in [0.1, 0.15) is 16.8 Å². The Bertz CT molecular complexity index is 1150. The highest BCUT2D eigenvalue weighted by molar-refractivity contribution is 6.30. The third-order valence-electron chi connectivity index (χ3n) is 4.20. The van der Waals surface area contributed by atoms with Crippen LogP contribution in [0, 0.1) is 0 Å². The number of carbonyl (C=O) groups is 3. The maximum Gasteiger partial charge on any atom is 0.255 e. The first kappa shape index (κ1) is 22.6. The molecule has 0 aromatic heterocycles. The Kier molecular flexibility index (Phi) is 7.66. The zero-order valence-electron chi connectivity index (χ0n) is 16.9. The fourth-order valence-electron chi connectivity index (χ4n) is 2.65.